The Kier molecular flexibility index (Phi) is 4.43. The standard InChI is InChI=1S/C15H17ClN2O3/c1-9-4-5-11(21-9)8-18(2)14-12(15(19)20-3)6-10(17)7-13(14)16/h4-7H,8,17H2,1-3H3. The molecule has 0 saturated carbocycles. The molecular weight excluding hydrogens is 292 g/mol. The van der Waals surface area contributed by atoms with Crippen LogP contribution in [-0.4, -0.2) is 20.1 Å². The molecule has 0 saturated heterocycles. The van der Waals surface area contributed by atoms with Gasteiger partial charge in [0.2, 0.25) is 0 Å². The predicted octanol–water partition coefficient (Wildman–Crippen LogP) is 3.25. The number of nitrogens with two attached hydrogens (primary N) is 1. The van der Waals surface area contributed by atoms with E-state index in [0.29, 0.717) is 28.5 Å². The zero-order chi connectivity index (χ0) is 15.6. The van der Waals surface area contributed by atoms with E-state index in [9.17, 15) is 4.79 Å². The number of hydrogen-bond donors (Lipinski definition) is 1. The molecule has 2 aromatic rings. The minimum absolute atomic E-state index is 0.327. The molecule has 2 N–H and O–H groups in total. The molecule has 0 fully saturated rings. The molecule has 0 amide bonds. The minimum atomic E-state index is -0.485. The number of nitrogen functional groups attached to an aromatic ring is 1. The van der Waals surface area contributed by atoms with Gasteiger partial charge < -0.3 is 19.8 Å². The highest BCUT2D eigenvalue weighted by molar-refractivity contribution is 6.34. The number of nitrogens with zero attached hydrogens (tertiary/aromatic N) is 1. The second-order valence-corrected chi connectivity index (χ2v) is 5.17. The number of ether oxygens (including phenoxy) is 1. The summed E-state index contributed by atoms with van der Waals surface area (Å²) in [4.78, 5) is 13.7. The van der Waals surface area contributed by atoms with Crippen molar-refractivity contribution in [2.75, 3.05) is 24.8 Å². The molecule has 0 aliphatic carbocycles. The molecule has 0 aliphatic rings. The summed E-state index contributed by atoms with van der Waals surface area (Å²) < 4.78 is 10.3. The van der Waals surface area contributed by atoms with Crippen LogP contribution >= 0.6 is 11.6 Å². The van der Waals surface area contributed by atoms with Crippen molar-refractivity contribution in [3.63, 3.8) is 0 Å². The lowest BCUT2D eigenvalue weighted by atomic mass is 10.1. The summed E-state index contributed by atoms with van der Waals surface area (Å²) in [6, 6.07) is 6.92. The van der Waals surface area contributed by atoms with Gasteiger partial charge in [0, 0.05) is 12.7 Å². The average molecular weight is 309 g/mol. The molecule has 112 valence electrons. The van der Waals surface area contributed by atoms with Gasteiger partial charge in [-0.3, -0.25) is 0 Å². The normalized spacial score (nSPS) is 10.5. The number of halogens is 1. The molecule has 0 atom stereocenters. The second kappa shape index (κ2) is 6.10. The molecule has 2 rings (SSSR count). The molecule has 21 heavy (non-hydrogen) atoms. The molecule has 1 aromatic heterocycles. The third-order valence-electron chi connectivity index (χ3n) is 3.06. The maximum atomic E-state index is 11.9. The fraction of sp³-hybridized carbons (Fsp3) is 0.267. The van der Waals surface area contributed by atoms with E-state index < -0.39 is 5.97 Å². The van der Waals surface area contributed by atoms with Gasteiger partial charge in [-0.05, 0) is 31.2 Å². The van der Waals surface area contributed by atoms with E-state index in [1.165, 1.54) is 7.11 Å². The van der Waals surface area contributed by atoms with Gasteiger partial charge in [0.15, 0.2) is 0 Å². The van der Waals surface area contributed by atoms with Gasteiger partial charge in [0.25, 0.3) is 0 Å². The number of rotatable bonds is 4. The summed E-state index contributed by atoms with van der Waals surface area (Å²) in [5.41, 5.74) is 7.05. The van der Waals surface area contributed by atoms with Crippen molar-refractivity contribution in [1.29, 1.82) is 0 Å². The zero-order valence-corrected chi connectivity index (χ0v) is 12.9. The lowest BCUT2D eigenvalue weighted by Crippen LogP contribution is -2.20. The smallest absolute Gasteiger partial charge is 0.340 e. The van der Waals surface area contributed by atoms with Crippen LogP contribution in [0.1, 0.15) is 21.9 Å². The third-order valence-corrected chi connectivity index (χ3v) is 3.35. The lowest BCUT2D eigenvalue weighted by molar-refractivity contribution is 0.0601. The lowest BCUT2D eigenvalue weighted by Gasteiger charge is -2.22. The van der Waals surface area contributed by atoms with Gasteiger partial charge in [-0.1, -0.05) is 11.6 Å². The van der Waals surface area contributed by atoms with Crippen LogP contribution in [0.4, 0.5) is 11.4 Å². The van der Waals surface area contributed by atoms with Crippen LogP contribution in [0.25, 0.3) is 0 Å². The van der Waals surface area contributed by atoms with Crippen LogP contribution < -0.4 is 10.6 Å². The van der Waals surface area contributed by atoms with Gasteiger partial charge in [-0.25, -0.2) is 4.79 Å². The Balaban J connectivity index is 2.39. The average Bonchev–Trinajstić information content (AvgIpc) is 2.81. The number of carbonyl (C=O) groups excluding carboxylic acids is 1. The molecule has 0 unspecified atom stereocenters. The first kappa shape index (κ1) is 15.3. The summed E-state index contributed by atoms with van der Waals surface area (Å²) in [5.74, 6) is 1.12. The Bertz CT molecular complexity index is 667. The van der Waals surface area contributed by atoms with Crippen molar-refractivity contribution in [3.8, 4) is 0 Å². The molecular formula is C15H17ClN2O3. The number of aryl methyl sites for hydroxylation is 1. The Labute approximate surface area is 128 Å². The maximum Gasteiger partial charge on any atom is 0.340 e. The minimum Gasteiger partial charge on any atom is -0.465 e. The summed E-state index contributed by atoms with van der Waals surface area (Å²) in [6.07, 6.45) is 0. The van der Waals surface area contributed by atoms with Crippen LogP contribution in [0.5, 0.6) is 0 Å². The van der Waals surface area contributed by atoms with Crippen molar-refractivity contribution in [1.82, 2.24) is 0 Å². The monoisotopic (exact) mass is 308 g/mol. The number of hydrogen-bond acceptors (Lipinski definition) is 5. The largest absolute Gasteiger partial charge is 0.465 e. The zero-order valence-electron chi connectivity index (χ0n) is 12.1. The van der Waals surface area contributed by atoms with E-state index in [2.05, 4.69) is 0 Å². The Hall–Kier alpha value is -2.14. The van der Waals surface area contributed by atoms with Gasteiger partial charge in [0.05, 0.1) is 29.9 Å². The van der Waals surface area contributed by atoms with Crippen molar-refractivity contribution in [3.05, 3.63) is 46.4 Å². The van der Waals surface area contributed by atoms with Gasteiger partial charge in [0.1, 0.15) is 11.5 Å². The molecule has 5 nitrogen and oxygen atoms in total. The SMILES string of the molecule is COC(=O)c1cc(N)cc(Cl)c1N(C)Cc1ccc(C)o1. The van der Waals surface area contributed by atoms with E-state index in [0.717, 1.165) is 11.5 Å². The first-order chi connectivity index (χ1) is 9.92. The van der Waals surface area contributed by atoms with Crippen molar-refractivity contribution < 1.29 is 13.9 Å². The summed E-state index contributed by atoms with van der Waals surface area (Å²) in [5, 5.41) is 0.390. The summed E-state index contributed by atoms with van der Waals surface area (Å²) >= 11 is 6.24. The van der Waals surface area contributed by atoms with Crippen LogP contribution in [-0.2, 0) is 11.3 Å². The van der Waals surface area contributed by atoms with Crippen molar-refractivity contribution >= 4 is 28.9 Å². The number of carbonyl (C=O) groups is 1. The van der Waals surface area contributed by atoms with Crippen LogP contribution in [0.3, 0.4) is 0 Å². The van der Waals surface area contributed by atoms with E-state index >= 15 is 0 Å². The molecule has 0 radical (unpaired) electrons. The summed E-state index contributed by atoms with van der Waals surface area (Å²) in [6.45, 7) is 2.35. The molecule has 1 aromatic carbocycles. The van der Waals surface area contributed by atoms with Crippen molar-refractivity contribution in [2.24, 2.45) is 0 Å². The number of methoxy groups -OCH3 is 1. The predicted molar refractivity (Wildman–Crippen MR) is 82.8 cm³/mol. The van der Waals surface area contributed by atoms with Gasteiger partial charge >= 0.3 is 5.97 Å². The fourth-order valence-electron chi connectivity index (χ4n) is 2.16. The number of furan rings is 1. The Morgan fingerprint density at radius 2 is 2.14 bits per heavy atom. The van der Waals surface area contributed by atoms with Gasteiger partial charge in [-0.2, -0.15) is 0 Å². The van der Waals surface area contributed by atoms with Crippen LogP contribution in [0.2, 0.25) is 5.02 Å². The number of benzene rings is 1. The topological polar surface area (TPSA) is 68.7 Å². The highest BCUT2D eigenvalue weighted by Gasteiger charge is 2.20. The van der Waals surface area contributed by atoms with Gasteiger partial charge in [-0.15, -0.1) is 0 Å². The summed E-state index contributed by atoms with van der Waals surface area (Å²) in [7, 11) is 3.14. The molecule has 6 heteroatoms. The molecule has 0 aliphatic heterocycles. The molecule has 0 bridgehead atoms. The molecule has 0 spiro atoms. The van der Waals surface area contributed by atoms with Crippen LogP contribution in [0, 0.1) is 6.92 Å². The first-order valence-electron chi connectivity index (χ1n) is 6.36. The first-order valence-corrected chi connectivity index (χ1v) is 6.74. The molecule has 1 heterocycles. The highest BCUT2D eigenvalue weighted by atomic mass is 35.5. The third kappa shape index (κ3) is 3.31. The Morgan fingerprint density at radius 3 is 2.71 bits per heavy atom. The van der Waals surface area contributed by atoms with E-state index in [-0.39, 0.29) is 0 Å². The van der Waals surface area contributed by atoms with Crippen molar-refractivity contribution in [2.45, 2.75) is 13.5 Å². The fourth-order valence-corrected chi connectivity index (χ4v) is 2.53. The Morgan fingerprint density at radius 1 is 1.43 bits per heavy atom. The number of esters is 1. The van der Waals surface area contributed by atoms with Crippen LogP contribution in [0.15, 0.2) is 28.7 Å². The maximum absolute atomic E-state index is 11.9. The quantitative estimate of drug-likeness (QED) is 0.693. The van der Waals surface area contributed by atoms with E-state index in [1.807, 2.05) is 31.0 Å². The second-order valence-electron chi connectivity index (χ2n) is 4.76. The van der Waals surface area contributed by atoms with E-state index in [4.69, 9.17) is 26.5 Å². The van der Waals surface area contributed by atoms with E-state index in [1.54, 1.807) is 12.1 Å². The highest BCUT2D eigenvalue weighted by Crippen LogP contribution is 2.33. The number of anilines is 2.